The second kappa shape index (κ2) is 7.46. The second-order valence-corrected chi connectivity index (χ2v) is 8.81. The molecule has 0 bridgehead atoms. The zero-order chi connectivity index (χ0) is 22.7. The third-order valence-electron chi connectivity index (χ3n) is 6.84. The van der Waals surface area contributed by atoms with E-state index in [-0.39, 0.29) is 18.5 Å². The summed E-state index contributed by atoms with van der Waals surface area (Å²) in [4.78, 5) is 29.2. The smallest absolute Gasteiger partial charge is 0.338 e. The Morgan fingerprint density at radius 3 is 2.76 bits per heavy atom. The maximum absolute atomic E-state index is 13.0. The molecule has 166 valence electrons. The molecular formula is C27H24N2O4. The molecule has 0 saturated heterocycles. The van der Waals surface area contributed by atoms with E-state index >= 15 is 0 Å². The molecule has 6 rings (SSSR count). The van der Waals surface area contributed by atoms with Crippen LogP contribution in [0.5, 0.6) is 0 Å². The van der Waals surface area contributed by atoms with Gasteiger partial charge in [0.15, 0.2) is 0 Å². The average molecular weight is 440 g/mol. The quantitative estimate of drug-likeness (QED) is 0.363. The van der Waals surface area contributed by atoms with E-state index in [9.17, 15) is 9.59 Å². The molecule has 0 saturated carbocycles. The van der Waals surface area contributed by atoms with Crippen LogP contribution >= 0.6 is 0 Å². The van der Waals surface area contributed by atoms with Crippen molar-refractivity contribution in [2.24, 2.45) is 0 Å². The van der Waals surface area contributed by atoms with Gasteiger partial charge in [0, 0.05) is 35.5 Å². The average Bonchev–Trinajstić information content (AvgIpc) is 3.38. The van der Waals surface area contributed by atoms with Crippen LogP contribution in [-0.4, -0.2) is 37.2 Å². The van der Waals surface area contributed by atoms with Crippen LogP contribution in [0.4, 0.5) is 0 Å². The monoisotopic (exact) mass is 440 g/mol. The molecule has 0 spiro atoms. The highest BCUT2D eigenvalue weighted by Gasteiger charge is 2.33. The van der Waals surface area contributed by atoms with Crippen LogP contribution in [0.3, 0.4) is 0 Å². The minimum Gasteiger partial charge on any atom is -0.460 e. The molecule has 0 unspecified atom stereocenters. The maximum Gasteiger partial charge on any atom is 0.338 e. The second-order valence-electron chi connectivity index (χ2n) is 8.81. The minimum absolute atomic E-state index is 0.0268. The third-order valence-corrected chi connectivity index (χ3v) is 6.84. The van der Waals surface area contributed by atoms with E-state index in [0.717, 1.165) is 56.9 Å². The van der Waals surface area contributed by atoms with Gasteiger partial charge in [-0.2, -0.15) is 0 Å². The number of H-pyrrole nitrogens is 1. The summed E-state index contributed by atoms with van der Waals surface area (Å²) in [6, 6.07) is 12.1. The normalized spacial score (nSPS) is 14.2. The highest BCUT2D eigenvalue weighted by molar-refractivity contribution is 6.19. The van der Waals surface area contributed by atoms with Crippen molar-refractivity contribution in [2.45, 2.75) is 26.3 Å². The first-order valence-corrected chi connectivity index (χ1v) is 11.2. The van der Waals surface area contributed by atoms with E-state index in [1.54, 1.807) is 13.2 Å². The summed E-state index contributed by atoms with van der Waals surface area (Å²) in [6.07, 6.45) is 1.80. The number of esters is 1. The minimum atomic E-state index is -0.378. The number of carbonyl (C=O) groups excluding carboxylic acids is 2. The molecule has 1 aliphatic carbocycles. The summed E-state index contributed by atoms with van der Waals surface area (Å²) >= 11 is 0. The number of fused-ring (bicyclic) bond motifs is 10. The van der Waals surface area contributed by atoms with Crippen molar-refractivity contribution in [3.05, 3.63) is 69.8 Å². The van der Waals surface area contributed by atoms with Crippen molar-refractivity contribution in [3.63, 3.8) is 0 Å². The van der Waals surface area contributed by atoms with Crippen molar-refractivity contribution in [2.75, 3.05) is 20.3 Å². The SMILES string of the molecule is COCCOC(=O)c1ccc2[nH]c3c4c(c5c(c3c2c1)CNC5=O)-c1ccc(C)cc1CC4. The Bertz CT molecular complexity index is 1480. The summed E-state index contributed by atoms with van der Waals surface area (Å²) in [6.45, 7) is 3.15. The van der Waals surface area contributed by atoms with Crippen LogP contribution < -0.4 is 5.32 Å². The lowest BCUT2D eigenvalue weighted by atomic mass is 9.79. The molecule has 6 nitrogen and oxygen atoms in total. The molecule has 3 aromatic carbocycles. The van der Waals surface area contributed by atoms with Crippen LogP contribution in [0.1, 0.15) is 43.0 Å². The highest BCUT2D eigenvalue weighted by atomic mass is 16.6. The van der Waals surface area contributed by atoms with Gasteiger partial charge in [0.1, 0.15) is 6.61 Å². The number of aromatic nitrogens is 1. The van der Waals surface area contributed by atoms with Gasteiger partial charge in [-0.1, -0.05) is 23.8 Å². The van der Waals surface area contributed by atoms with Crippen LogP contribution in [0.2, 0.25) is 0 Å². The number of amides is 1. The van der Waals surface area contributed by atoms with Gasteiger partial charge in [-0.05, 0) is 60.2 Å². The van der Waals surface area contributed by atoms with E-state index in [2.05, 4.69) is 35.4 Å². The molecule has 0 atom stereocenters. The number of aromatic amines is 1. The number of carbonyl (C=O) groups is 2. The molecule has 1 aliphatic heterocycles. The lowest BCUT2D eigenvalue weighted by Gasteiger charge is -2.23. The molecule has 6 heteroatoms. The maximum atomic E-state index is 13.0. The van der Waals surface area contributed by atoms with Crippen LogP contribution in [0, 0.1) is 6.92 Å². The van der Waals surface area contributed by atoms with Crippen LogP contribution in [0.15, 0.2) is 36.4 Å². The summed E-state index contributed by atoms with van der Waals surface area (Å²) in [5.74, 6) is -0.405. The van der Waals surface area contributed by atoms with Crippen molar-refractivity contribution >= 4 is 33.7 Å². The lowest BCUT2D eigenvalue weighted by Crippen LogP contribution is -2.15. The number of aryl methyl sites for hydroxylation is 3. The predicted molar refractivity (Wildman–Crippen MR) is 127 cm³/mol. The molecule has 2 heterocycles. The number of benzene rings is 3. The van der Waals surface area contributed by atoms with Crippen molar-refractivity contribution in [3.8, 4) is 11.1 Å². The number of hydrogen-bond acceptors (Lipinski definition) is 4. The molecule has 33 heavy (non-hydrogen) atoms. The topological polar surface area (TPSA) is 80.4 Å². The van der Waals surface area contributed by atoms with E-state index in [4.69, 9.17) is 9.47 Å². The van der Waals surface area contributed by atoms with Gasteiger partial charge in [0.2, 0.25) is 0 Å². The Morgan fingerprint density at radius 1 is 1.03 bits per heavy atom. The highest BCUT2D eigenvalue weighted by Crippen LogP contribution is 2.45. The van der Waals surface area contributed by atoms with E-state index in [0.29, 0.717) is 18.7 Å². The Balaban J connectivity index is 1.60. The van der Waals surface area contributed by atoms with Crippen molar-refractivity contribution in [1.29, 1.82) is 0 Å². The zero-order valence-corrected chi connectivity index (χ0v) is 18.6. The van der Waals surface area contributed by atoms with Crippen LogP contribution in [-0.2, 0) is 28.9 Å². The van der Waals surface area contributed by atoms with E-state index in [1.807, 2.05) is 12.1 Å². The molecule has 0 radical (unpaired) electrons. The zero-order valence-electron chi connectivity index (χ0n) is 18.6. The fourth-order valence-corrected chi connectivity index (χ4v) is 5.38. The number of rotatable bonds is 4. The fourth-order valence-electron chi connectivity index (χ4n) is 5.38. The predicted octanol–water partition coefficient (Wildman–Crippen LogP) is 4.44. The summed E-state index contributed by atoms with van der Waals surface area (Å²) < 4.78 is 10.3. The number of ether oxygens (including phenoxy) is 2. The van der Waals surface area contributed by atoms with Crippen molar-refractivity contribution in [1.82, 2.24) is 10.3 Å². The van der Waals surface area contributed by atoms with Gasteiger partial charge < -0.3 is 19.8 Å². The summed E-state index contributed by atoms with van der Waals surface area (Å²) in [5.41, 5.74) is 10.2. The van der Waals surface area contributed by atoms with E-state index in [1.165, 1.54) is 16.7 Å². The summed E-state index contributed by atoms with van der Waals surface area (Å²) in [7, 11) is 1.57. The molecule has 1 amide bonds. The Labute approximate surface area is 190 Å². The van der Waals surface area contributed by atoms with Gasteiger partial charge in [-0.15, -0.1) is 0 Å². The lowest BCUT2D eigenvalue weighted by molar-refractivity contribution is 0.0388. The Hall–Kier alpha value is -3.64. The first kappa shape index (κ1) is 20.0. The summed E-state index contributed by atoms with van der Waals surface area (Å²) in [5, 5.41) is 5.01. The molecule has 4 aromatic rings. The Morgan fingerprint density at radius 2 is 1.91 bits per heavy atom. The van der Waals surface area contributed by atoms with E-state index < -0.39 is 0 Å². The van der Waals surface area contributed by atoms with Gasteiger partial charge in [-0.3, -0.25) is 4.79 Å². The van der Waals surface area contributed by atoms with Gasteiger partial charge >= 0.3 is 5.97 Å². The molecule has 0 fully saturated rings. The number of hydrogen-bond donors (Lipinski definition) is 2. The molecule has 1 aromatic heterocycles. The first-order valence-electron chi connectivity index (χ1n) is 11.2. The number of nitrogens with one attached hydrogen (secondary N) is 2. The standard InChI is InChI=1S/C27H24N2O4/c1-14-3-6-17-15(11-14)4-7-18-22(17)24-20(13-28-26(24)30)23-19-12-16(27(31)33-10-9-32-2)5-8-21(19)29-25(18)23/h3,5-6,8,11-12,29H,4,7,9-10,13H2,1-2H3,(H,28,30). The van der Waals surface area contributed by atoms with Gasteiger partial charge in [0.05, 0.1) is 23.3 Å². The largest absolute Gasteiger partial charge is 0.460 e. The molecular weight excluding hydrogens is 416 g/mol. The molecule has 2 N–H and O–H groups in total. The molecule has 2 aliphatic rings. The first-order chi connectivity index (χ1) is 16.1. The Kier molecular flexibility index (Phi) is 4.52. The number of methoxy groups -OCH3 is 1. The fraction of sp³-hybridized carbons (Fsp3) is 0.259. The van der Waals surface area contributed by atoms with Crippen LogP contribution in [0.25, 0.3) is 32.9 Å². The third kappa shape index (κ3) is 2.98. The van der Waals surface area contributed by atoms with Gasteiger partial charge in [-0.25, -0.2) is 4.79 Å². The van der Waals surface area contributed by atoms with Crippen molar-refractivity contribution < 1.29 is 19.1 Å². The van der Waals surface area contributed by atoms with Gasteiger partial charge in [0.25, 0.3) is 5.91 Å².